The maximum Gasteiger partial charge on any atom is 0.304 e. The minimum absolute atomic E-state index is 0.231. The summed E-state index contributed by atoms with van der Waals surface area (Å²) in [5, 5.41) is 8.62. The largest absolute Gasteiger partial charge is 0.481 e. The number of likely N-dealkylation sites (tertiary alicyclic amines) is 1. The summed E-state index contributed by atoms with van der Waals surface area (Å²) in [5.74, 6) is -0.209. The van der Waals surface area contributed by atoms with E-state index in [-0.39, 0.29) is 11.8 Å². The molecule has 1 saturated heterocycles. The van der Waals surface area contributed by atoms with E-state index in [1.54, 1.807) is 7.11 Å². The van der Waals surface area contributed by atoms with E-state index in [4.69, 9.17) is 9.84 Å². The highest BCUT2D eigenvalue weighted by atomic mass is 16.5. The number of carboxylic acids is 1. The van der Waals surface area contributed by atoms with E-state index in [0.717, 1.165) is 19.7 Å². The molecule has 0 spiro atoms. The van der Waals surface area contributed by atoms with Crippen molar-refractivity contribution in [1.82, 2.24) is 4.90 Å². The molecule has 0 aromatic carbocycles. The smallest absolute Gasteiger partial charge is 0.304 e. The highest BCUT2D eigenvalue weighted by molar-refractivity contribution is 5.66. The minimum Gasteiger partial charge on any atom is -0.481 e. The van der Waals surface area contributed by atoms with Crippen LogP contribution in [0, 0.1) is 11.3 Å². The third-order valence-corrected chi connectivity index (χ3v) is 3.22. The quantitative estimate of drug-likeness (QED) is 0.745. The summed E-state index contributed by atoms with van der Waals surface area (Å²) < 4.78 is 5.19. The van der Waals surface area contributed by atoms with Gasteiger partial charge in [-0.05, 0) is 5.41 Å². The van der Waals surface area contributed by atoms with Crippen LogP contribution in [0.15, 0.2) is 0 Å². The molecule has 4 nitrogen and oxygen atoms in total. The predicted octanol–water partition coefficient (Wildman–Crippen LogP) is 1.07. The zero-order valence-electron chi connectivity index (χ0n) is 9.82. The summed E-state index contributed by atoms with van der Waals surface area (Å²) in [4.78, 5) is 12.7. The zero-order chi connectivity index (χ0) is 11.5. The lowest BCUT2D eigenvalue weighted by Crippen LogP contribution is -2.26. The first kappa shape index (κ1) is 12.5. The van der Waals surface area contributed by atoms with E-state index in [0.29, 0.717) is 12.5 Å². The molecule has 0 saturated carbocycles. The van der Waals surface area contributed by atoms with Crippen LogP contribution in [0.25, 0.3) is 0 Å². The fraction of sp³-hybridized carbons (Fsp3) is 0.909. The van der Waals surface area contributed by atoms with Crippen molar-refractivity contribution in [2.45, 2.75) is 20.3 Å². The molecule has 1 rings (SSSR count). The Morgan fingerprint density at radius 1 is 1.60 bits per heavy atom. The van der Waals surface area contributed by atoms with Gasteiger partial charge in [0.25, 0.3) is 0 Å². The average Bonchev–Trinajstić information content (AvgIpc) is 2.39. The lowest BCUT2D eigenvalue weighted by Gasteiger charge is -2.24. The molecule has 0 bridgehead atoms. The molecular weight excluding hydrogens is 194 g/mol. The molecule has 1 heterocycles. The van der Waals surface area contributed by atoms with Gasteiger partial charge in [-0.2, -0.15) is 0 Å². The Kier molecular flexibility index (Phi) is 4.11. The van der Waals surface area contributed by atoms with Gasteiger partial charge in [0.05, 0.1) is 13.0 Å². The van der Waals surface area contributed by atoms with Gasteiger partial charge in [0.1, 0.15) is 0 Å². The standard InChI is InChI=1S/C11H21NO3/c1-11(2)8-12(5-4-10(13)14)6-9(11)7-15-3/h9H,4-8H2,1-3H3,(H,13,14)/t9-/m0/s1. The topological polar surface area (TPSA) is 49.8 Å². The second-order valence-corrected chi connectivity index (χ2v) is 5.02. The highest BCUT2D eigenvalue weighted by Crippen LogP contribution is 2.35. The van der Waals surface area contributed by atoms with Crippen molar-refractivity contribution >= 4 is 5.97 Å². The number of hydrogen-bond acceptors (Lipinski definition) is 3. The molecule has 1 aliphatic rings. The molecule has 0 aliphatic carbocycles. The van der Waals surface area contributed by atoms with Gasteiger partial charge in [-0.1, -0.05) is 13.8 Å². The maximum atomic E-state index is 10.5. The van der Waals surface area contributed by atoms with Crippen LogP contribution >= 0.6 is 0 Å². The molecule has 1 atom stereocenters. The van der Waals surface area contributed by atoms with Crippen molar-refractivity contribution in [3.8, 4) is 0 Å². The summed E-state index contributed by atoms with van der Waals surface area (Å²) in [6.45, 7) is 7.77. The number of carboxylic acid groups (broad SMARTS) is 1. The summed E-state index contributed by atoms with van der Waals surface area (Å²) in [6.07, 6.45) is 0.232. The maximum absolute atomic E-state index is 10.5. The molecule has 15 heavy (non-hydrogen) atoms. The second-order valence-electron chi connectivity index (χ2n) is 5.02. The minimum atomic E-state index is -0.719. The van der Waals surface area contributed by atoms with Crippen LogP contribution in [0.4, 0.5) is 0 Å². The molecule has 0 aromatic heterocycles. The fourth-order valence-corrected chi connectivity index (χ4v) is 2.23. The number of aliphatic carboxylic acids is 1. The van der Waals surface area contributed by atoms with E-state index in [9.17, 15) is 4.79 Å². The van der Waals surface area contributed by atoms with Crippen LogP contribution in [-0.4, -0.2) is 49.3 Å². The Hall–Kier alpha value is -0.610. The molecule has 0 amide bonds. The molecule has 0 radical (unpaired) electrons. The van der Waals surface area contributed by atoms with Crippen molar-refractivity contribution in [3.63, 3.8) is 0 Å². The van der Waals surface area contributed by atoms with Crippen LogP contribution < -0.4 is 0 Å². The van der Waals surface area contributed by atoms with Crippen LogP contribution in [0.2, 0.25) is 0 Å². The van der Waals surface area contributed by atoms with Crippen molar-refractivity contribution < 1.29 is 14.6 Å². The van der Waals surface area contributed by atoms with Crippen LogP contribution in [0.1, 0.15) is 20.3 Å². The second kappa shape index (κ2) is 4.94. The third kappa shape index (κ3) is 3.47. The molecular formula is C11H21NO3. The number of hydrogen-bond donors (Lipinski definition) is 1. The molecule has 0 unspecified atom stereocenters. The molecule has 4 heteroatoms. The first-order valence-electron chi connectivity index (χ1n) is 5.39. The van der Waals surface area contributed by atoms with Gasteiger partial charge in [0.2, 0.25) is 0 Å². The van der Waals surface area contributed by atoms with Gasteiger partial charge in [0, 0.05) is 32.7 Å². The monoisotopic (exact) mass is 215 g/mol. The van der Waals surface area contributed by atoms with Gasteiger partial charge < -0.3 is 14.7 Å². The van der Waals surface area contributed by atoms with E-state index in [1.807, 2.05) is 0 Å². The van der Waals surface area contributed by atoms with Crippen molar-refractivity contribution in [3.05, 3.63) is 0 Å². The first-order valence-corrected chi connectivity index (χ1v) is 5.39. The molecule has 1 aliphatic heterocycles. The fourth-order valence-electron chi connectivity index (χ4n) is 2.23. The van der Waals surface area contributed by atoms with Gasteiger partial charge in [-0.3, -0.25) is 4.79 Å². The van der Waals surface area contributed by atoms with Gasteiger partial charge in [-0.25, -0.2) is 0 Å². The zero-order valence-corrected chi connectivity index (χ0v) is 9.82. The number of nitrogens with zero attached hydrogens (tertiary/aromatic N) is 1. The molecule has 1 fully saturated rings. The summed E-state index contributed by atoms with van der Waals surface area (Å²) in [6, 6.07) is 0. The average molecular weight is 215 g/mol. The SMILES string of the molecule is COC[C@@H]1CN(CCC(=O)O)CC1(C)C. The van der Waals surface area contributed by atoms with Crippen molar-refractivity contribution in [2.75, 3.05) is 33.4 Å². The number of ether oxygens (including phenoxy) is 1. The van der Waals surface area contributed by atoms with Crippen molar-refractivity contribution in [2.24, 2.45) is 11.3 Å². The first-order chi connectivity index (χ1) is 6.95. The molecule has 88 valence electrons. The van der Waals surface area contributed by atoms with E-state index < -0.39 is 5.97 Å². The Morgan fingerprint density at radius 3 is 2.80 bits per heavy atom. The summed E-state index contributed by atoms with van der Waals surface area (Å²) in [5.41, 5.74) is 0.231. The number of rotatable bonds is 5. The Bertz CT molecular complexity index is 228. The van der Waals surface area contributed by atoms with Crippen LogP contribution in [0.5, 0.6) is 0 Å². The molecule has 0 aromatic rings. The highest BCUT2D eigenvalue weighted by Gasteiger charge is 2.38. The summed E-state index contributed by atoms with van der Waals surface area (Å²) in [7, 11) is 1.72. The predicted molar refractivity (Wildman–Crippen MR) is 57.8 cm³/mol. The number of carbonyl (C=O) groups is 1. The Balaban J connectivity index is 2.43. The third-order valence-electron chi connectivity index (χ3n) is 3.22. The summed E-state index contributed by atoms with van der Waals surface area (Å²) >= 11 is 0. The Morgan fingerprint density at radius 2 is 2.27 bits per heavy atom. The van der Waals surface area contributed by atoms with E-state index in [1.165, 1.54) is 0 Å². The molecule has 1 N–H and O–H groups in total. The number of methoxy groups -OCH3 is 1. The normalized spacial score (nSPS) is 25.7. The Labute approximate surface area is 91.2 Å². The van der Waals surface area contributed by atoms with Gasteiger partial charge >= 0.3 is 5.97 Å². The van der Waals surface area contributed by atoms with Crippen LogP contribution in [0.3, 0.4) is 0 Å². The van der Waals surface area contributed by atoms with Gasteiger partial charge in [0.15, 0.2) is 0 Å². The lowest BCUT2D eigenvalue weighted by molar-refractivity contribution is -0.137. The van der Waals surface area contributed by atoms with E-state index in [2.05, 4.69) is 18.7 Å². The van der Waals surface area contributed by atoms with Crippen molar-refractivity contribution in [1.29, 1.82) is 0 Å². The van der Waals surface area contributed by atoms with Gasteiger partial charge in [-0.15, -0.1) is 0 Å². The van der Waals surface area contributed by atoms with Crippen LogP contribution in [-0.2, 0) is 9.53 Å². The van der Waals surface area contributed by atoms with E-state index >= 15 is 0 Å². The lowest BCUT2D eigenvalue weighted by atomic mass is 9.83.